The monoisotopic (exact) mass is 456 g/mol. The maximum atomic E-state index is 10.7. The predicted molar refractivity (Wildman–Crippen MR) is 107 cm³/mol. The Balaban J connectivity index is 0.000000828. The van der Waals surface area contributed by atoms with Gasteiger partial charge in [0.2, 0.25) is 0 Å². The molecule has 0 spiro atoms. The van der Waals surface area contributed by atoms with E-state index in [1.54, 1.807) is 0 Å². The van der Waals surface area contributed by atoms with E-state index >= 15 is 0 Å². The molecule has 0 saturated heterocycles. The van der Waals surface area contributed by atoms with Crippen LogP contribution in [-0.2, 0) is 21.5 Å². The molecule has 1 aromatic rings. The van der Waals surface area contributed by atoms with Gasteiger partial charge in [-0.15, -0.1) is 0 Å². The fourth-order valence-corrected chi connectivity index (χ4v) is 2.61. The lowest BCUT2D eigenvalue weighted by atomic mass is 10.2. The summed E-state index contributed by atoms with van der Waals surface area (Å²) in [5.41, 5.74) is -4.41. The van der Waals surface area contributed by atoms with Crippen LogP contribution in [0.25, 0.3) is 0 Å². The van der Waals surface area contributed by atoms with E-state index in [0.717, 1.165) is 50.2 Å². The normalized spacial score (nSPS) is 11.9. The lowest BCUT2D eigenvalue weighted by Gasteiger charge is -2.36. The van der Waals surface area contributed by atoms with Gasteiger partial charge in [0.25, 0.3) is 0 Å². The summed E-state index contributed by atoms with van der Waals surface area (Å²) in [6.45, 7) is 11.2. The molecule has 0 aromatic heterocycles. The van der Waals surface area contributed by atoms with Crippen molar-refractivity contribution in [3.8, 4) is 0 Å². The van der Waals surface area contributed by atoms with Crippen LogP contribution in [0.4, 0.5) is 13.2 Å². The highest BCUT2D eigenvalue weighted by Crippen LogP contribution is 2.20. The SMILES string of the molecule is CC[N+](CC)(CCCN=C=S)CCOCc1ccccc1.O=S(=O)([O-])C(F)(F)F. The summed E-state index contributed by atoms with van der Waals surface area (Å²) >= 11 is 4.61. The van der Waals surface area contributed by atoms with Crippen LogP contribution in [0.5, 0.6) is 0 Å². The number of benzene rings is 1. The largest absolute Gasteiger partial charge is 0.741 e. The van der Waals surface area contributed by atoms with E-state index in [1.807, 2.05) is 18.2 Å². The topological polar surface area (TPSA) is 78.8 Å². The number of thiocarbonyl (C=S) groups is 1. The second-order valence-corrected chi connectivity index (χ2v) is 7.74. The van der Waals surface area contributed by atoms with Crippen LogP contribution in [0, 0.1) is 0 Å². The highest BCUT2D eigenvalue weighted by molar-refractivity contribution is 7.86. The zero-order chi connectivity index (χ0) is 22.4. The van der Waals surface area contributed by atoms with Gasteiger partial charge < -0.3 is 13.8 Å². The standard InChI is InChI=1S/C17H27N2OS.CHF3O3S/c1-3-19(4-2,12-8-11-18-16-21)13-14-20-15-17-9-6-5-7-10-17;2-1(3,4)8(5,6)7/h5-7,9-10H,3-4,8,11-15H2,1-2H3;(H,5,6,7)/q+1;/p-1. The third kappa shape index (κ3) is 12.0. The number of hydrogen-bond acceptors (Lipinski definition) is 6. The Labute approximate surface area is 175 Å². The average molecular weight is 457 g/mol. The van der Waals surface area contributed by atoms with E-state index in [0.29, 0.717) is 6.61 Å². The highest BCUT2D eigenvalue weighted by atomic mass is 32.2. The van der Waals surface area contributed by atoms with Gasteiger partial charge in [0.05, 0.1) is 44.6 Å². The minimum absolute atomic E-state index is 0.698. The van der Waals surface area contributed by atoms with Crippen molar-refractivity contribution in [2.24, 2.45) is 4.99 Å². The lowest BCUT2D eigenvalue weighted by molar-refractivity contribution is -0.925. The summed E-state index contributed by atoms with van der Waals surface area (Å²) in [6.07, 6.45) is 1.06. The molecular formula is C18H27F3N2O4S2. The lowest BCUT2D eigenvalue weighted by Crippen LogP contribution is -2.50. The number of likely N-dealkylation sites (N-methyl/N-ethyl adjacent to an activating group) is 1. The molecule has 11 heteroatoms. The quantitative estimate of drug-likeness (QED) is 0.127. The van der Waals surface area contributed by atoms with Gasteiger partial charge in [0.15, 0.2) is 10.1 Å². The molecule has 0 fully saturated rings. The molecule has 1 rings (SSSR count). The molecule has 0 amide bonds. The zero-order valence-corrected chi connectivity index (χ0v) is 18.2. The van der Waals surface area contributed by atoms with Crippen LogP contribution in [0.3, 0.4) is 0 Å². The van der Waals surface area contributed by atoms with E-state index in [2.05, 4.69) is 48.4 Å². The van der Waals surface area contributed by atoms with Crippen LogP contribution in [0.1, 0.15) is 25.8 Å². The van der Waals surface area contributed by atoms with Gasteiger partial charge in [-0.1, -0.05) is 30.3 Å². The number of aliphatic imine (C=N–C) groups is 1. The fourth-order valence-electron chi connectivity index (χ4n) is 2.52. The summed E-state index contributed by atoms with van der Waals surface area (Å²) < 4.78 is 65.8. The van der Waals surface area contributed by atoms with Crippen LogP contribution >= 0.6 is 12.2 Å². The maximum absolute atomic E-state index is 10.7. The van der Waals surface area contributed by atoms with Crippen molar-refractivity contribution in [2.45, 2.75) is 32.4 Å². The van der Waals surface area contributed by atoms with Gasteiger partial charge in [-0.3, -0.25) is 0 Å². The third-order valence-electron chi connectivity index (χ3n) is 4.41. The Morgan fingerprint density at radius 2 is 1.72 bits per heavy atom. The number of rotatable bonds is 11. The van der Waals surface area contributed by atoms with Crippen molar-refractivity contribution >= 4 is 27.5 Å². The second-order valence-electron chi connectivity index (χ2n) is 6.19. The summed E-state index contributed by atoms with van der Waals surface area (Å²) in [5.74, 6) is 0. The fraction of sp³-hybridized carbons (Fsp3) is 0.611. The summed E-state index contributed by atoms with van der Waals surface area (Å²) in [6, 6.07) is 10.3. The van der Waals surface area contributed by atoms with E-state index in [4.69, 9.17) is 17.7 Å². The van der Waals surface area contributed by atoms with Crippen molar-refractivity contribution < 1.29 is 35.4 Å². The molecular weight excluding hydrogens is 429 g/mol. The van der Waals surface area contributed by atoms with Gasteiger partial charge in [-0.05, 0) is 31.6 Å². The van der Waals surface area contributed by atoms with E-state index in [9.17, 15) is 13.2 Å². The molecule has 0 N–H and O–H groups in total. The highest BCUT2D eigenvalue weighted by Gasteiger charge is 2.36. The second kappa shape index (κ2) is 13.8. The Hall–Kier alpha value is -1.36. The number of halogens is 3. The molecule has 166 valence electrons. The molecule has 0 atom stereocenters. The zero-order valence-electron chi connectivity index (χ0n) is 16.5. The molecule has 0 aliphatic rings. The van der Waals surface area contributed by atoms with Crippen molar-refractivity contribution in [1.82, 2.24) is 0 Å². The average Bonchev–Trinajstić information content (AvgIpc) is 2.67. The molecule has 0 bridgehead atoms. The first-order valence-electron chi connectivity index (χ1n) is 9.04. The van der Waals surface area contributed by atoms with Crippen LogP contribution < -0.4 is 0 Å². The maximum Gasteiger partial charge on any atom is 0.485 e. The Morgan fingerprint density at radius 1 is 1.17 bits per heavy atom. The summed E-state index contributed by atoms with van der Waals surface area (Å²) in [7, 11) is -6.09. The smallest absolute Gasteiger partial charge is 0.485 e. The number of ether oxygens (including phenoxy) is 1. The molecule has 0 radical (unpaired) electrons. The first-order valence-corrected chi connectivity index (χ1v) is 10.9. The van der Waals surface area contributed by atoms with Crippen molar-refractivity contribution in [3.63, 3.8) is 0 Å². The van der Waals surface area contributed by atoms with E-state index in [-0.39, 0.29) is 0 Å². The first-order chi connectivity index (χ1) is 13.5. The van der Waals surface area contributed by atoms with Crippen molar-refractivity contribution in [3.05, 3.63) is 35.9 Å². The van der Waals surface area contributed by atoms with Crippen LogP contribution in [0.15, 0.2) is 35.3 Å². The van der Waals surface area contributed by atoms with Gasteiger partial charge >= 0.3 is 5.51 Å². The molecule has 1 aromatic carbocycles. The van der Waals surface area contributed by atoms with Gasteiger partial charge in [-0.25, -0.2) is 13.4 Å². The van der Waals surface area contributed by atoms with Crippen molar-refractivity contribution in [2.75, 3.05) is 39.3 Å². The Morgan fingerprint density at radius 3 is 2.17 bits per heavy atom. The predicted octanol–water partition coefficient (Wildman–Crippen LogP) is 3.60. The molecule has 0 aliphatic heterocycles. The van der Waals surface area contributed by atoms with Crippen LogP contribution in [0.2, 0.25) is 0 Å². The molecule has 6 nitrogen and oxygen atoms in total. The van der Waals surface area contributed by atoms with Gasteiger partial charge in [-0.2, -0.15) is 13.2 Å². The summed E-state index contributed by atoms with van der Waals surface area (Å²) in [4.78, 5) is 4.00. The number of hydrogen-bond donors (Lipinski definition) is 0. The van der Waals surface area contributed by atoms with E-state index in [1.165, 1.54) is 5.56 Å². The summed E-state index contributed by atoms with van der Waals surface area (Å²) in [5, 5.41) is 2.44. The number of nitrogens with zero attached hydrogens (tertiary/aromatic N) is 2. The molecule has 29 heavy (non-hydrogen) atoms. The number of quaternary nitrogens is 1. The number of isothiocyanates is 1. The third-order valence-corrected chi connectivity index (χ3v) is 5.11. The minimum atomic E-state index is -6.09. The Kier molecular flexibility index (Phi) is 13.1. The molecule has 0 heterocycles. The minimum Gasteiger partial charge on any atom is -0.741 e. The van der Waals surface area contributed by atoms with Crippen LogP contribution in [-0.4, -0.2) is 67.5 Å². The van der Waals surface area contributed by atoms with Gasteiger partial charge in [0, 0.05) is 6.42 Å². The number of alkyl halides is 3. The molecule has 0 saturated carbocycles. The Bertz CT molecular complexity index is 718. The molecule has 0 aliphatic carbocycles. The van der Waals surface area contributed by atoms with E-state index < -0.39 is 15.6 Å². The molecule has 0 unspecified atom stereocenters. The first kappa shape index (κ1) is 27.6. The van der Waals surface area contributed by atoms with Crippen molar-refractivity contribution in [1.29, 1.82) is 0 Å². The van der Waals surface area contributed by atoms with Gasteiger partial charge in [0.1, 0.15) is 6.54 Å².